The Balaban J connectivity index is 2.06. The third-order valence-corrected chi connectivity index (χ3v) is 3.62. The number of hydrogen-bond donors (Lipinski definition) is 1. The zero-order valence-corrected chi connectivity index (χ0v) is 13.3. The van der Waals surface area contributed by atoms with E-state index in [0.717, 1.165) is 37.7 Å². The molecule has 0 amide bonds. The smallest absolute Gasteiger partial charge is 0.225 e. The quantitative estimate of drug-likeness (QED) is 0.741. The van der Waals surface area contributed by atoms with E-state index in [9.17, 15) is 0 Å². The minimum atomic E-state index is 0.644. The molecule has 0 saturated heterocycles. The summed E-state index contributed by atoms with van der Waals surface area (Å²) < 4.78 is 0. The molecule has 4 heteroatoms. The van der Waals surface area contributed by atoms with Crippen LogP contribution in [-0.4, -0.2) is 29.1 Å². The number of nitrogens with zero attached hydrogens (tertiary/aromatic N) is 3. The highest BCUT2D eigenvalue weighted by Gasteiger charge is 2.31. The lowest BCUT2D eigenvalue weighted by Crippen LogP contribution is -2.31. The lowest BCUT2D eigenvalue weighted by Gasteiger charge is -2.25. The summed E-state index contributed by atoms with van der Waals surface area (Å²) >= 11 is 0. The zero-order valence-electron chi connectivity index (χ0n) is 13.3. The molecule has 1 saturated carbocycles. The molecule has 0 radical (unpaired) electrons. The standard InChI is InChI=1S/C16H28N4/c1-5-8-17-9-14-10-18-16(19-13(14)4)20(11-12(2)3)15-6-7-15/h10,12,15,17H,5-9,11H2,1-4H3. The molecule has 1 aliphatic rings. The topological polar surface area (TPSA) is 41.1 Å². The molecular weight excluding hydrogens is 248 g/mol. The van der Waals surface area contributed by atoms with E-state index in [1.54, 1.807) is 0 Å². The van der Waals surface area contributed by atoms with Gasteiger partial charge in [0.1, 0.15) is 0 Å². The predicted octanol–water partition coefficient (Wildman–Crippen LogP) is 2.91. The Bertz CT molecular complexity index is 426. The molecule has 0 atom stereocenters. The summed E-state index contributed by atoms with van der Waals surface area (Å²) in [5.41, 5.74) is 2.32. The molecule has 0 spiro atoms. The van der Waals surface area contributed by atoms with E-state index >= 15 is 0 Å². The Morgan fingerprint density at radius 1 is 1.40 bits per heavy atom. The molecule has 1 aromatic rings. The highest BCUT2D eigenvalue weighted by atomic mass is 15.3. The maximum absolute atomic E-state index is 4.74. The van der Waals surface area contributed by atoms with E-state index in [2.05, 4.69) is 42.9 Å². The largest absolute Gasteiger partial charge is 0.338 e. The Labute approximate surface area is 123 Å². The van der Waals surface area contributed by atoms with E-state index in [1.807, 2.05) is 6.20 Å². The first-order valence-electron chi connectivity index (χ1n) is 7.91. The molecule has 1 aliphatic carbocycles. The van der Waals surface area contributed by atoms with Crippen molar-refractivity contribution in [1.29, 1.82) is 0 Å². The number of rotatable bonds is 8. The first-order valence-corrected chi connectivity index (χ1v) is 7.91. The third-order valence-electron chi connectivity index (χ3n) is 3.62. The second-order valence-corrected chi connectivity index (χ2v) is 6.23. The third kappa shape index (κ3) is 4.17. The van der Waals surface area contributed by atoms with Gasteiger partial charge in [-0.1, -0.05) is 20.8 Å². The van der Waals surface area contributed by atoms with Crippen LogP contribution in [0.15, 0.2) is 6.20 Å². The Morgan fingerprint density at radius 2 is 2.15 bits per heavy atom. The van der Waals surface area contributed by atoms with Gasteiger partial charge in [0.2, 0.25) is 5.95 Å². The molecular formula is C16H28N4. The molecule has 0 aromatic carbocycles. The normalized spacial score (nSPS) is 14.8. The number of nitrogens with one attached hydrogen (secondary N) is 1. The van der Waals surface area contributed by atoms with E-state index in [4.69, 9.17) is 4.98 Å². The summed E-state index contributed by atoms with van der Waals surface area (Å²) in [6.07, 6.45) is 5.72. The first kappa shape index (κ1) is 15.2. The van der Waals surface area contributed by atoms with Crippen molar-refractivity contribution in [2.24, 2.45) is 5.92 Å². The fourth-order valence-corrected chi connectivity index (χ4v) is 2.37. The van der Waals surface area contributed by atoms with Gasteiger partial charge in [-0.2, -0.15) is 0 Å². The Kier molecular flexibility index (Phi) is 5.35. The van der Waals surface area contributed by atoms with Crippen LogP contribution in [-0.2, 0) is 6.54 Å². The number of hydrogen-bond acceptors (Lipinski definition) is 4. The van der Waals surface area contributed by atoms with Gasteiger partial charge in [-0.15, -0.1) is 0 Å². The maximum atomic E-state index is 4.74. The second kappa shape index (κ2) is 7.02. The molecule has 0 aliphatic heterocycles. The van der Waals surface area contributed by atoms with Crippen molar-refractivity contribution in [1.82, 2.24) is 15.3 Å². The van der Waals surface area contributed by atoms with Crippen molar-refractivity contribution in [2.75, 3.05) is 18.0 Å². The van der Waals surface area contributed by atoms with Crippen molar-refractivity contribution < 1.29 is 0 Å². The number of aryl methyl sites for hydroxylation is 1. The second-order valence-electron chi connectivity index (χ2n) is 6.23. The average molecular weight is 276 g/mol. The molecule has 20 heavy (non-hydrogen) atoms. The molecule has 2 rings (SSSR count). The van der Waals surface area contributed by atoms with Gasteiger partial charge < -0.3 is 10.2 Å². The molecule has 112 valence electrons. The zero-order chi connectivity index (χ0) is 14.5. The van der Waals surface area contributed by atoms with Crippen molar-refractivity contribution in [3.63, 3.8) is 0 Å². The minimum Gasteiger partial charge on any atom is -0.338 e. The van der Waals surface area contributed by atoms with Crippen LogP contribution in [0.2, 0.25) is 0 Å². The molecule has 1 heterocycles. The summed E-state index contributed by atoms with van der Waals surface area (Å²) in [6, 6.07) is 0.667. The van der Waals surface area contributed by atoms with E-state index in [1.165, 1.54) is 18.4 Å². The summed E-state index contributed by atoms with van der Waals surface area (Å²) in [5, 5.41) is 3.41. The van der Waals surface area contributed by atoms with Crippen LogP contribution >= 0.6 is 0 Å². The summed E-state index contributed by atoms with van der Waals surface area (Å²) in [4.78, 5) is 11.7. The summed E-state index contributed by atoms with van der Waals surface area (Å²) in [6.45, 7) is 11.7. The van der Waals surface area contributed by atoms with Crippen molar-refractivity contribution >= 4 is 5.95 Å². The van der Waals surface area contributed by atoms with E-state index < -0.39 is 0 Å². The van der Waals surface area contributed by atoms with Gasteiger partial charge in [0.25, 0.3) is 0 Å². The average Bonchev–Trinajstić information content (AvgIpc) is 3.22. The first-order chi connectivity index (χ1) is 9.61. The van der Waals surface area contributed by atoms with Crippen molar-refractivity contribution in [3.05, 3.63) is 17.5 Å². The van der Waals surface area contributed by atoms with Gasteiger partial charge in [0, 0.05) is 36.6 Å². The number of anilines is 1. The van der Waals surface area contributed by atoms with Gasteiger partial charge in [-0.3, -0.25) is 0 Å². The fraction of sp³-hybridized carbons (Fsp3) is 0.750. The molecule has 1 fully saturated rings. The van der Waals surface area contributed by atoms with Crippen molar-refractivity contribution in [3.8, 4) is 0 Å². The maximum Gasteiger partial charge on any atom is 0.225 e. The van der Waals surface area contributed by atoms with Gasteiger partial charge in [0.05, 0.1) is 0 Å². The highest BCUT2D eigenvalue weighted by molar-refractivity contribution is 5.36. The molecule has 0 bridgehead atoms. The molecule has 1 aromatic heterocycles. The van der Waals surface area contributed by atoms with Crippen LogP contribution in [0, 0.1) is 12.8 Å². The summed E-state index contributed by atoms with van der Waals surface area (Å²) in [5.74, 6) is 1.56. The molecule has 4 nitrogen and oxygen atoms in total. The van der Waals surface area contributed by atoms with Gasteiger partial charge in [-0.25, -0.2) is 9.97 Å². The van der Waals surface area contributed by atoms with Crippen LogP contribution in [0.1, 0.15) is 51.3 Å². The van der Waals surface area contributed by atoms with Crippen LogP contribution in [0.5, 0.6) is 0 Å². The van der Waals surface area contributed by atoms with Gasteiger partial charge >= 0.3 is 0 Å². The van der Waals surface area contributed by atoms with Gasteiger partial charge in [-0.05, 0) is 38.6 Å². The Morgan fingerprint density at radius 3 is 2.70 bits per heavy atom. The van der Waals surface area contributed by atoms with Crippen molar-refractivity contribution in [2.45, 2.75) is 59.5 Å². The van der Waals surface area contributed by atoms with Crippen LogP contribution < -0.4 is 10.2 Å². The Hall–Kier alpha value is -1.16. The molecule has 0 unspecified atom stereocenters. The van der Waals surface area contributed by atoms with Crippen LogP contribution in [0.4, 0.5) is 5.95 Å². The lowest BCUT2D eigenvalue weighted by atomic mass is 10.2. The monoisotopic (exact) mass is 276 g/mol. The highest BCUT2D eigenvalue weighted by Crippen LogP contribution is 2.30. The number of aromatic nitrogens is 2. The van der Waals surface area contributed by atoms with E-state index in [0.29, 0.717) is 12.0 Å². The SMILES string of the molecule is CCCNCc1cnc(N(CC(C)C)C2CC2)nc1C. The molecule has 1 N–H and O–H groups in total. The van der Waals surface area contributed by atoms with Gasteiger partial charge in [0.15, 0.2) is 0 Å². The fourth-order valence-electron chi connectivity index (χ4n) is 2.37. The van der Waals surface area contributed by atoms with E-state index in [-0.39, 0.29) is 0 Å². The van der Waals surface area contributed by atoms with Crippen LogP contribution in [0.25, 0.3) is 0 Å². The lowest BCUT2D eigenvalue weighted by molar-refractivity contribution is 0.595. The summed E-state index contributed by atoms with van der Waals surface area (Å²) in [7, 11) is 0. The predicted molar refractivity (Wildman–Crippen MR) is 84.0 cm³/mol. The minimum absolute atomic E-state index is 0.644. The van der Waals surface area contributed by atoms with Crippen LogP contribution in [0.3, 0.4) is 0 Å².